The molecule has 2 aromatic rings. The van der Waals surface area contributed by atoms with Crippen molar-refractivity contribution in [3.63, 3.8) is 0 Å². The van der Waals surface area contributed by atoms with Crippen molar-refractivity contribution in [2.45, 2.75) is 51.8 Å². The Morgan fingerprint density at radius 2 is 2.14 bits per heavy atom. The van der Waals surface area contributed by atoms with Gasteiger partial charge >= 0.3 is 0 Å². The second-order valence-corrected chi connectivity index (χ2v) is 6.34. The molecule has 0 saturated heterocycles. The zero-order chi connectivity index (χ0) is 16.3. The maximum absolute atomic E-state index is 10.1. The Bertz CT molecular complexity index is 593. The van der Waals surface area contributed by atoms with Gasteiger partial charge in [0.1, 0.15) is 17.0 Å². The molecule has 2 N–H and O–H groups in total. The normalized spacial score (nSPS) is 14.5. The number of rotatable bonds is 7. The number of hydrogen-bond acceptors (Lipinski definition) is 4. The summed E-state index contributed by atoms with van der Waals surface area (Å²) in [7, 11) is 1.85. The SMILES string of the molecule is CC(CC(O)c1ccco1)NCc1c(C(C)C)nn(C)c1Cl. The summed E-state index contributed by atoms with van der Waals surface area (Å²) in [5.41, 5.74) is 2.04. The van der Waals surface area contributed by atoms with E-state index in [2.05, 4.69) is 24.3 Å². The lowest BCUT2D eigenvalue weighted by Crippen LogP contribution is -2.27. The van der Waals surface area contributed by atoms with Gasteiger partial charge in [-0.25, -0.2) is 0 Å². The van der Waals surface area contributed by atoms with Gasteiger partial charge in [-0.1, -0.05) is 25.4 Å². The van der Waals surface area contributed by atoms with E-state index in [1.54, 1.807) is 23.1 Å². The Hall–Kier alpha value is -1.30. The molecule has 0 aromatic carbocycles. The molecule has 2 rings (SSSR count). The third kappa shape index (κ3) is 3.91. The lowest BCUT2D eigenvalue weighted by Gasteiger charge is -2.17. The van der Waals surface area contributed by atoms with E-state index in [9.17, 15) is 5.11 Å². The molecule has 122 valence electrons. The average molecular weight is 326 g/mol. The molecule has 22 heavy (non-hydrogen) atoms. The van der Waals surface area contributed by atoms with Crippen LogP contribution in [0.1, 0.15) is 56.2 Å². The van der Waals surface area contributed by atoms with Gasteiger partial charge in [0.05, 0.1) is 12.0 Å². The van der Waals surface area contributed by atoms with Crippen LogP contribution in [0.25, 0.3) is 0 Å². The number of aliphatic hydroxyl groups is 1. The van der Waals surface area contributed by atoms with Crippen molar-refractivity contribution in [2.24, 2.45) is 7.05 Å². The van der Waals surface area contributed by atoms with Crippen LogP contribution in [-0.2, 0) is 13.6 Å². The van der Waals surface area contributed by atoms with E-state index in [1.807, 2.05) is 14.0 Å². The molecule has 0 aliphatic rings. The van der Waals surface area contributed by atoms with Crippen LogP contribution in [0.3, 0.4) is 0 Å². The molecule has 0 saturated carbocycles. The molecule has 6 heteroatoms. The largest absolute Gasteiger partial charge is 0.467 e. The number of furan rings is 1. The smallest absolute Gasteiger partial charge is 0.132 e. The van der Waals surface area contributed by atoms with Crippen LogP contribution < -0.4 is 5.32 Å². The summed E-state index contributed by atoms with van der Waals surface area (Å²) in [4.78, 5) is 0. The molecule has 0 radical (unpaired) electrons. The number of aliphatic hydroxyl groups excluding tert-OH is 1. The highest BCUT2D eigenvalue weighted by Gasteiger charge is 2.19. The first-order valence-corrected chi connectivity index (χ1v) is 7.94. The minimum absolute atomic E-state index is 0.122. The van der Waals surface area contributed by atoms with Gasteiger partial charge in [-0.3, -0.25) is 4.68 Å². The number of hydrogen-bond donors (Lipinski definition) is 2. The fourth-order valence-corrected chi connectivity index (χ4v) is 2.69. The first kappa shape index (κ1) is 17.1. The third-order valence-electron chi connectivity index (χ3n) is 3.72. The van der Waals surface area contributed by atoms with Gasteiger partial charge in [0.25, 0.3) is 0 Å². The predicted molar refractivity (Wildman–Crippen MR) is 86.9 cm³/mol. The summed E-state index contributed by atoms with van der Waals surface area (Å²) in [6.07, 6.45) is 1.54. The molecule has 2 heterocycles. The second kappa shape index (κ2) is 7.31. The summed E-state index contributed by atoms with van der Waals surface area (Å²) in [5.74, 6) is 0.912. The van der Waals surface area contributed by atoms with Crippen molar-refractivity contribution in [1.29, 1.82) is 0 Å². The van der Waals surface area contributed by atoms with Crippen LogP contribution in [-0.4, -0.2) is 20.9 Å². The molecular weight excluding hydrogens is 302 g/mol. The van der Waals surface area contributed by atoms with Crippen LogP contribution in [0.2, 0.25) is 5.15 Å². The monoisotopic (exact) mass is 325 g/mol. The van der Waals surface area contributed by atoms with Gasteiger partial charge in [0.2, 0.25) is 0 Å². The average Bonchev–Trinajstić information content (AvgIpc) is 3.07. The van der Waals surface area contributed by atoms with E-state index >= 15 is 0 Å². The molecule has 0 aliphatic carbocycles. The van der Waals surface area contributed by atoms with Gasteiger partial charge < -0.3 is 14.8 Å². The zero-order valence-electron chi connectivity index (χ0n) is 13.5. The maximum Gasteiger partial charge on any atom is 0.132 e. The molecule has 2 unspecified atom stereocenters. The molecule has 0 spiro atoms. The Kier molecular flexibility index (Phi) is 5.67. The maximum atomic E-state index is 10.1. The fraction of sp³-hybridized carbons (Fsp3) is 0.562. The Balaban J connectivity index is 1.95. The molecule has 0 amide bonds. The van der Waals surface area contributed by atoms with Crippen molar-refractivity contribution >= 4 is 11.6 Å². The summed E-state index contributed by atoms with van der Waals surface area (Å²) >= 11 is 6.32. The van der Waals surface area contributed by atoms with Crippen molar-refractivity contribution < 1.29 is 9.52 Å². The minimum atomic E-state index is -0.605. The number of aromatic nitrogens is 2. The Morgan fingerprint density at radius 1 is 1.41 bits per heavy atom. The quantitative estimate of drug-likeness (QED) is 0.819. The topological polar surface area (TPSA) is 63.2 Å². The van der Waals surface area contributed by atoms with E-state index in [0.29, 0.717) is 29.8 Å². The zero-order valence-corrected chi connectivity index (χ0v) is 14.3. The van der Waals surface area contributed by atoms with Gasteiger partial charge in [-0.2, -0.15) is 5.10 Å². The molecule has 0 bridgehead atoms. The lowest BCUT2D eigenvalue weighted by atomic mass is 10.1. The Morgan fingerprint density at radius 3 is 2.73 bits per heavy atom. The second-order valence-electron chi connectivity index (χ2n) is 5.98. The van der Waals surface area contributed by atoms with Crippen LogP contribution in [0.4, 0.5) is 0 Å². The van der Waals surface area contributed by atoms with E-state index in [-0.39, 0.29) is 6.04 Å². The van der Waals surface area contributed by atoms with Gasteiger partial charge in [-0.15, -0.1) is 0 Å². The van der Waals surface area contributed by atoms with Crippen LogP contribution >= 0.6 is 11.6 Å². The summed E-state index contributed by atoms with van der Waals surface area (Å²) < 4.78 is 6.92. The molecule has 2 atom stereocenters. The number of nitrogens with one attached hydrogen (secondary N) is 1. The molecule has 2 aromatic heterocycles. The van der Waals surface area contributed by atoms with Crippen molar-refractivity contribution in [3.05, 3.63) is 40.6 Å². The number of aryl methyl sites for hydroxylation is 1. The van der Waals surface area contributed by atoms with Crippen molar-refractivity contribution in [1.82, 2.24) is 15.1 Å². The van der Waals surface area contributed by atoms with Gasteiger partial charge in [0.15, 0.2) is 0 Å². The highest BCUT2D eigenvalue weighted by Crippen LogP contribution is 2.25. The van der Waals surface area contributed by atoms with Gasteiger partial charge in [0, 0.05) is 25.2 Å². The highest BCUT2D eigenvalue weighted by atomic mass is 35.5. The van der Waals surface area contributed by atoms with Crippen LogP contribution in [0.15, 0.2) is 22.8 Å². The number of halogens is 1. The first-order valence-electron chi connectivity index (χ1n) is 7.56. The molecular formula is C16H24ClN3O2. The summed E-state index contributed by atoms with van der Waals surface area (Å²) in [6, 6.07) is 3.68. The van der Waals surface area contributed by atoms with E-state index in [4.69, 9.17) is 16.0 Å². The van der Waals surface area contributed by atoms with Crippen LogP contribution in [0, 0.1) is 0 Å². The minimum Gasteiger partial charge on any atom is -0.467 e. The van der Waals surface area contributed by atoms with E-state index in [0.717, 1.165) is 11.3 Å². The molecule has 0 aliphatic heterocycles. The van der Waals surface area contributed by atoms with E-state index < -0.39 is 6.10 Å². The predicted octanol–water partition coefficient (Wildman–Crippen LogP) is 3.39. The fourth-order valence-electron chi connectivity index (χ4n) is 2.49. The van der Waals surface area contributed by atoms with Crippen molar-refractivity contribution in [2.75, 3.05) is 0 Å². The van der Waals surface area contributed by atoms with Crippen LogP contribution in [0.5, 0.6) is 0 Å². The van der Waals surface area contributed by atoms with Crippen molar-refractivity contribution in [3.8, 4) is 0 Å². The number of nitrogens with zero attached hydrogens (tertiary/aromatic N) is 2. The highest BCUT2D eigenvalue weighted by molar-refractivity contribution is 6.30. The Labute approximate surface area is 136 Å². The summed E-state index contributed by atoms with van der Waals surface area (Å²) in [6.45, 7) is 6.87. The summed E-state index contributed by atoms with van der Waals surface area (Å²) in [5, 5.41) is 18.6. The first-order chi connectivity index (χ1) is 10.4. The molecule has 5 nitrogen and oxygen atoms in total. The van der Waals surface area contributed by atoms with E-state index in [1.165, 1.54) is 0 Å². The van der Waals surface area contributed by atoms with Gasteiger partial charge in [-0.05, 0) is 31.4 Å². The third-order valence-corrected chi connectivity index (χ3v) is 4.20. The molecule has 0 fully saturated rings. The lowest BCUT2D eigenvalue weighted by molar-refractivity contribution is 0.128. The standard InChI is InChI=1S/C16H24ClN3O2/c1-10(2)15-12(16(17)20(4)19-15)9-18-11(3)8-13(21)14-6-5-7-22-14/h5-7,10-11,13,18,21H,8-9H2,1-4H3.